The van der Waals surface area contributed by atoms with Crippen LogP contribution < -0.4 is 0 Å². The molecule has 1 saturated heterocycles. The lowest BCUT2D eigenvalue weighted by Gasteiger charge is -2.22. The summed E-state index contributed by atoms with van der Waals surface area (Å²) >= 11 is 7.00. The number of thiophene rings is 1. The molecule has 2 rings (SSSR count). The maximum absolute atomic E-state index is 11.7. The van der Waals surface area contributed by atoms with Gasteiger partial charge in [0.1, 0.15) is 0 Å². The van der Waals surface area contributed by atoms with Crippen molar-refractivity contribution < 1.29 is 9.59 Å². The third kappa shape index (κ3) is 2.62. The van der Waals surface area contributed by atoms with Gasteiger partial charge < -0.3 is 4.90 Å². The molecule has 0 radical (unpaired) electrons. The van der Waals surface area contributed by atoms with Crippen LogP contribution in [-0.2, 0) is 16.1 Å². The molecule has 1 fully saturated rings. The van der Waals surface area contributed by atoms with Crippen molar-refractivity contribution in [2.45, 2.75) is 31.8 Å². The minimum Gasteiger partial charge on any atom is -0.334 e. The van der Waals surface area contributed by atoms with E-state index in [9.17, 15) is 9.59 Å². The van der Waals surface area contributed by atoms with Gasteiger partial charge in [0.2, 0.25) is 11.1 Å². The lowest BCUT2D eigenvalue weighted by molar-refractivity contribution is -0.129. The average molecular weight is 258 g/mol. The number of likely N-dealkylation sites (tertiary alicyclic amines) is 1. The predicted octanol–water partition coefficient (Wildman–Crippen LogP) is 2.39. The van der Waals surface area contributed by atoms with Crippen LogP contribution in [0.15, 0.2) is 17.5 Å². The molecule has 1 amide bonds. The lowest BCUT2D eigenvalue weighted by Crippen LogP contribution is -2.33. The minimum absolute atomic E-state index is 0.0143. The Balaban J connectivity index is 2.04. The molecule has 1 aliphatic heterocycles. The first-order valence-corrected chi connectivity index (χ1v) is 6.43. The van der Waals surface area contributed by atoms with Crippen LogP contribution in [0.4, 0.5) is 0 Å². The Morgan fingerprint density at radius 3 is 3.06 bits per heavy atom. The highest BCUT2D eigenvalue weighted by atomic mass is 35.5. The summed E-state index contributed by atoms with van der Waals surface area (Å²) in [5.41, 5.74) is 0. The second-order valence-electron chi connectivity index (χ2n) is 3.85. The monoisotopic (exact) mass is 257 g/mol. The van der Waals surface area contributed by atoms with E-state index in [1.807, 2.05) is 17.5 Å². The van der Waals surface area contributed by atoms with Gasteiger partial charge in [-0.1, -0.05) is 6.07 Å². The highest BCUT2D eigenvalue weighted by molar-refractivity contribution is 7.09. The van der Waals surface area contributed by atoms with E-state index in [1.165, 1.54) is 0 Å². The van der Waals surface area contributed by atoms with Crippen molar-refractivity contribution in [1.82, 2.24) is 4.90 Å². The second kappa shape index (κ2) is 4.97. The van der Waals surface area contributed by atoms with Gasteiger partial charge in [0.05, 0.1) is 6.54 Å². The van der Waals surface area contributed by atoms with Crippen molar-refractivity contribution >= 4 is 34.1 Å². The van der Waals surface area contributed by atoms with E-state index >= 15 is 0 Å². The van der Waals surface area contributed by atoms with Gasteiger partial charge in [-0.05, 0) is 29.5 Å². The van der Waals surface area contributed by atoms with E-state index in [4.69, 9.17) is 11.6 Å². The largest absolute Gasteiger partial charge is 0.334 e. The van der Waals surface area contributed by atoms with Gasteiger partial charge in [0.15, 0.2) is 0 Å². The van der Waals surface area contributed by atoms with Crippen molar-refractivity contribution in [2.75, 3.05) is 0 Å². The Bertz CT molecular complexity index is 391. The molecule has 0 spiro atoms. The van der Waals surface area contributed by atoms with Crippen LogP contribution in [0.25, 0.3) is 0 Å². The molecule has 0 N–H and O–H groups in total. The molecule has 0 bridgehead atoms. The van der Waals surface area contributed by atoms with Crippen molar-refractivity contribution in [1.29, 1.82) is 0 Å². The molecule has 1 aromatic rings. The molecule has 16 heavy (non-hydrogen) atoms. The topological polar surface area (TPSA) is 37.4 Å². The predicted molar refractivity (Wildman–Crippen MR) is 63.4 cm³/mol. The van der Waals surface area contributed by atoms with E-state index in [0.29, 0.717) is 13.0 Å². The van der Waals surface area contributed by atoms with Crippen molar-refractivity contribution in [2.24, 2.45) is 0 Å². The first kappa shape index (κ1) is 11.6. The van der Waals surface area contributed by atoms with Gasteiger partial charge >= 0.3 is 0 Å². The minimum atomic E-state index is -0.365. The standard InChI is InChI=1S/C11H12ClNO2S/c12-10(14)6-8-3-4-11(15)13(8)7-9-2-1-5-16-9/h1-2,5,8H,3-4,6-7H2. The van der Waals surface area contributed by atoms with Crippen LogP contribution >= 0.6 is 22.9 Å². The molecule has 0 aromatic carbocycles. The zero-order chi connectivity index (χ0) is 11.5. The van der Waals surface area contributed by atoms with E-state index < -0.39 is 0 Å². The molecule has 2 heterocycles. The van der Waals surface area contributed by atoms with Crippen LogP contribution in [0.5, 0.6) is 0 Å². The van der Waals surface area contributed by atoms with Gasteiger partial charge in [0, 0.05) is 23.8 Å². The third-order valence-electron chi connectivity index (χ3n) is 2.75. The van der Waals surface area contributed by atoms with E-state index in [0.717, 1.165) is 11.3 Å². The first-order chi connectivity index (χ1) is 7.66. The second-order valence-corrected chi connectivity index (χ2v) is 5.31. The molecule has 1 atom stereocenters. The van der Waals surface area contributed by atoms with Gasteiger partial charge in [-0.2, -0.15) is 0 Å². The summed E-state index contributed by atoms with van der Waals surface area (Å²) < 4.78 is 0. The summed E-state index contributed by atoms with van der Waals surface area (Å²) in [6.45, 7) is 0.603. The molecule has 5 heteroatoms. The van der Waals surface area contributed by atoms with Crippen LogP contribution in [0.1, 0.15) is 24.1 Å². The number of halogens is 1. The van der Waals surface area contributed by atoms with Gasteiger partial charge in [-0.15, -0.1) is 11.3 Å². The van der Waals surface area contributed by atoms with E-state index in [1.54, 1.807) is 16.2 Å². The molecular formula is C11H12ClNO2S. The number of nitrogens with zero attached hydrogens (tertiary/aromatic N) is 1. The summed E-state index contributed by atoms with van der Waals surface area (Å²) in [5, 5.41) is 1.62. The fraction of sp³-hybridized carbons (Fsp3) is 0.455. The van der Waals surface area contributed by atoms with Crippen molar-refractivity contribution in [3.05, 3.63) is 22.4 Å². The molecular weight excluding hydrogens is 246 g/mol. The Labute approximate surface area is 103 Å². The maximum Gasteiger partial charge on any atom is 0.223 e. The number of amides is 1. The highest BCUT2D eigenvalue weighted by Crippen LogP contribution is 2.25. The van der Waals surface area contributed by atoms with Crippen LogP contribution in [0.2, 0.25) is 0 Å². The Hall–Kier alpha value is -0.870. The van der Waals surface area contributed by atoms with Gasteiger partial charge in [-0.3, -0.25) is 9.59 Å². The molecule has 1 aliphatic rings. The van der Waals surface area contributed by atoms with Crippen LogP contribution in [0.3, 0.4) is 0 Å². The van der Waals surface area contributed by atoms with Crippen molar-refractivity contribution in [3.63, 3.8) is 0 Å². The van der Waals surface area contributed by atoms with Crippen molar-refractivity contribution in [3.8, 4) is 0 Å². The SMILES string of the molecule is O=C(Cl)CC1CCC(=O)N1Cc1cccs1. The summed E-state index contributed by atoms with van der Waals surface area (Å²) in [4.78, 5) is 25.5. The summed E-state index contributed by atoms with van der Waals surface area (Å²) in [5.74, 6) is 0.122. The van der Waals surface area contributed by atoms with Crippen LogP contribution in [-0.4, -0.2) is 22.1 Å². The molecule has 0 aliphatic carbocycles. The molecule has 0 saturated carbocycles. The van der Waals surface area contributed by atoms with E-state index in [-0.39, 0.29) is 23.6 Å². The normalized spacial score (nSPS) is 20.4. The summed E-state index contributed by atoms with van der Waals surface area (Å²) in [6.07, 6.45) is 1.53. The zero-order valence-electron chi connectivity index (χ0n) is 8.69. The molecule has 3 nitrogen and oxygen atoms in total. The summed E-state index contributed by atoms with van der Waals surface area (Å²) in [7, 11) is 0. The lowest BCUT2D eigenvalue weighted by atomic mass is 10.1. The molecule has 1 aromatic heterocycles. The van der Waals surface area contributed by atoms with E-state index in [2.05, 4.69) is 0 Å². The number of hydrogen-bond acceptors (Lipinski definition) is 3. The third-order valence-corrected chi connectivity index (χ3v) is 3.77. The van der Waals surface area contributed by atoms with Gasteiger partial charge in [-0.25, -0.2) is 0 Å². The zero-order valence-corrected chi connectivity index (χ0v) is 10.3. The smallest absolute Gasteiger partial charge is 0.223 e. The van der Waals surface area contributed by atoms with Gasteiger partial charge in [0.25, 0.3) is 0 Å². The fourth-order valence-electron chi connectivity index (χ4n) is 1.98. The quantitative estimate of drug-likeness (QED) is 0.777. The number of rotatable bonds is 4. The van der Waals surface area contributed by atoms with Crippen LogP contribution in [0, 0.1) is 0 Å². The number of carbonyl (C=O) groups is 2. The number of hydrogen-bond donors (Lipinski definition) is 0. The average Bonchev–Trinajstić information content (AvgIpc) is 2.82. The number of carbonyl (C=O) groups excluding carboxylic acids is 2. The maximum atomic E-state index is 11.7. The molecule has 1 unspecified atom stereocenters. The fourth-order valence-corrected chi connectivity index (χ4v) is 2.86. The Morgan fingerprint density at radius 1 is 1.62 bits per heavy atom. The highest BCUT2D eigenvalue weighted by Gasteiger charge is 2.31. The Kier molecular flexibility index (Phi) is 3.61. The Morgan fingerprint density at radius 2 is 2.44 bits per heavy atom. The summed E-state index contributed by atoms with van der Waals surface area (Å²) in [6, 6.07) is 3.94. The molecule has 86 valence electrons. The first-order valence-electron chi connectivity index (χ1n) is 5.17.